The summed E-state index contributed by atoms with van der Waals surface area (Å²) in [5.74, 6) is 0. The van der Waals surface area contributed by atoms with Crippen molar-refractivity contribution in [3.8, 4) is 0 Å². The molecule has 0 radical (unpaired) electrons. The van der Waals surface area contributed by atoms with E-state index in [1.165, 1.54) is 0 Å². The van der Waals surface area contributed by atoms with E-state index in [9.17, 15) is 5.11 Å². The van der Waals surface area contributed by atoms with E-state index < -0.39 is 6.10 Å². The van der Waals surface area contributed by atoms with Gasteiger partial charge in [0.15, 0.2) is 0 Å². The molecule has 0 saturated carbocycles. The average molecular weight is 280 g/mol. The summed E-state index contributed by atoms with van der Waals surface area (Å²) < 4.78 is 0. The van der Waals surface area contributed by atoms with E-state index in [2.05, 4.69) is 28.6 Å². The van der Waals surface area contributed by atoms with E-state index in [4.69, 9.17) is 0 Å². The quantitative estimate of drug-likeness (QED) is 0.855. The molecule has 0 spiro atoms. The fourth-order valence-corrected chi connectivity index (χ4v) is 2.90. The molecular weight excluding hydrogens is 260 g/mol. The number of hydrogen-bond donors (Lipinski definition) is 1. The molecule has 21 heavy (non-hydrogen) atoms. The molecule has 1 aliphatic heterocycles. The number of fused-ring (bicyclic) bond motifs is 1. The van der Waals surface area contributed by atoms with Crippen molar-refractivity contribution in [1.82, 2.24) is 9.88 Å². The number of aromatic nitrogens is 1. The van der Waals surface area contributed by atoms with Crippen LogP contribution < -0.4 is 0 Å². The van der Waals surface area contributed by atoms with Crippen LogP contribution in [0.4, 0.5) is 0 Å². The van der Waals surface area contributed by atoms with Crippen LogP contribution in [0.2, 0.25) is 0 Å². The van der Waals surface area contributed by atoms with Crippen LogP contribution in [-0.4, -0.2) is 34.1 Å². The summed E-state index contributed by atoms with van der Waals surface area (Å²) in [4.78, 5) is 6.65. The van der Waals surface area contributed by atoms with Gasteiger partial charge in [-0.3, -0.25) is 9.88 Å². The summed E-state index contributed by atoms with van der Waals surface area (Å²) in [6.45, 7) is 5.64. The van der Waals surface area contributed by atoms with Gasteiger partial charge in [0.25, 0.3) is 0 Å². The first kappa shape index (κ1) is 14.0. The maximum absolute atomic E-state index is 10.5. The molecule has 2 unspecified atom stereocenters. The molecular formula is C18H20N2O. The Bertz CT molecular complexity index is 660. The third-order valence-electron chi connectivity index (χ3n) is 4.07. The molecule has 2 atom stereocenters. The minimum absolute atomic E-state index is 0.298. The van der Waals surface area contributed by atoms with Crippen LogP contribution in [0.1, 0.15) is 18.1 Å². The second-order valence-electron chi connectivity index (χ2n) is 5.37. The molecule has 0 aliphatic carbocycles. The molecule has 0 saturated heterocycles. The third-order valence-corrected chi connectivity index (χ3v) is 4.07. The molecule has 0 bridgehead atoms. The fraction of sp³-hybridized carbons (Fsp3) is 0.278. The van der Waals surface area contributed by atoms with Crippen LogP contribution in [0.15, 0.2) is 61.3 Å². The Labute approximate surface area is 125 Å². The van der Waals surface area contributed by atoms with Gasteiger partial charge in [-0.1, -0.05) is 36.4 Å². The molecule has 3 heteroatoms. The summed E-state index contributed by atoms with van der Waals surface area (Å²) in [6, 6.07) is 10.2. The zero-order chi connectivity index (χ0) is 14.7. The zero-order valence-electron chi connectivity index (χ0n) is 12.0. The van der Waals surface area contributed by atoms with Gasteiger partial charge in [0, 0.05) is 30.7 Å². The zero-order valence-corrected chi connectivity index (χ0v) is 12.0. The Hall–Kier alpha value is -1.97. The van der Waals surface area contributed by atoms with Crippen molar-refractivity contribution >= 4 is 10.9 Å². The molecule has 2 aromatic rings. The lowest BCUT2D eigenvalue weighted by atomic mass is 10.0. The van der Waals surface area contributed by atoms with E-state index in [-0.39, 0.29) is 0 Å². The number of nitrogens with zero attached hydrogens (tertiary/aromatic N) is 2. The van der Waals surface area contributed by atoms with Gasteiger partial charge in [-0.15, -0.1) is 6.58 Å². The highest BCUT2D eigenvalue weighted by atomic mass is 16.3. The van der Waals surface area contributed by atoms with Crippen LogP contribution >= 0.6 is 0 Å². The van der Waals surface area contributed by atoms with Crippen LogP contribution in [0.25, 0.3) is 10.9 Å². The van der Waals surface area contributed by atoms with Crippen LogP contribution in [0, 0.1) is 0 Å². The van der Waals surface area contributed by atoms with Crippen LogP contribution in [-0.2, 0) is 0 Å². The molecule has 108 valence electrons. The highest BCUT2D eigenvalue weighted by molar-refractivity contribution is 5.82. The number of benzene rings is 1. The molecule has 1 aromatic carbocycles. The first-order chi connectivity index (χ1) is 10.3. The Morgan fingerprint density at radius 1 is 1.38 bits per heavy atom. The Morgan fingerprint density at radius 2 is 2.24 bits per heavy atom. The van der Waals surface area contributed by atoms with Gasteiger partial charge in [-0.25, -0.2) is 0 Å². The van der Waals surface area contributed by atoms with E-state index in [1.54, 1.807) is 6.20 Å². The lowest BCUT2D eigenvalue weighted by Gasteiger charge is -2.23. The third kappa shape index (κ3) is 2.89. The highest BCUT2D eigenvalue weighted by Crippen LogP contribution is 2.25. The van der Waals surface area contributed by atoms with Crippen molar-refractivity contribution in [2.45, 2.75) is 18.6 Å². The maximum atomic E-state index is 10.5. The van der Waals surface area contributed by atoms with E-state index in [1.807, 2.05) is 36.4 Å². The molecule has 3 nitrogen and oxygen atoms in total. The predicted octanol–water partition coefficient (Wildman–Crippen LogP) is 3.08. The molecule has 2 heterocycles. The van der Waals surface area contributed by atoms with Gasteiger partial charge < -0.3 is 5.11 Å². The monoisotopic (exact) mass is 280 g/mol. The number of rotatable bonds is 5. The number of aliphatic hydroxyl groups is 1. The summed E-state index contributed by atoms with van der Waals surface area (Å²) in [5, 5.41) is 11.6. The SMILES string of the molecule is C=CC1C=CCN1CCC(O)c1ccnc2ccccc12. The van der Waals surface area contributed by atoms with Crippen LogP contribution in [0.5, 0.6) is 0 Å². The lowest BCUT2D eigenvalue weighted by Crippen LogP contribution is -2.30. The van der Waals surface area contributed by atoms with Gasteiger partial charge in [0.2, 0.25) is 0 Å². The Kier molecular flexibility index (Phi) is 4.13. The van der Waals surface area contributed by atoms with Gasteiger partial charge in [0.1, 0.15) is 0 Å². The normalized spacial score (nSPS) is 20.0. The van der Waals surface area contributed by atoms with Crippen molar-refractivity contribution in [1.29, 1.82) is 0 Å². The summed E-state index contributed by atoms with van der Waals surface area (Å²) >= 11 is 0. The first-order valence-corrected chi connectivity index (χ1v) is 7.34. The van der Waals surface area contributed by atoms with Gasteiger partial charge in [0.05, 0.1) is 11.6 Å². The largest absolute Gasteiger partial charge is 0.388 e. The molecule has 0 amide bonds. The number of aliphatic hydroxyl groups excluding tert-OH is 1. The van der Waals surface area contributed by atoms with Gasteiger partial charge in [-0.05, 0) is 24.1 Å². The molecule has 3 rings (SSSR count). The topological polar surface area (TPSA) is 36.4 Å². The van der Waals surface area contributed by atoms with Crippen molar-refractivity contribution in [3.63, 3.8) is 0 Å². The van der Waals surface area contributed by atoms with Crippen molar-refractivity contribution in [2.75, 3.05) is 13.1 Å². The minimum atomic E-state index is -0.469. The standard InChI is InChI=1S/C18H20N2O/c1-2-14-6-5-12-20(14)13-10-18(21)16-9-11-19-17-8-4-3-7-15(16)17/h2-9,11,14,18,21H,1,10,12-13H2. The minimum Gasteiger partial charge on any atom is -0.388 e. The van der Waals surface area contributed by atoms with E-state index in [0.717, 1.165) is 29.6 Å². The molecule has 1 aromatic heterocycles. The average Bonchev–Trinajstić information content (AvgIpc) is 2.99. The lowest BCUT2D eigenvalue weighted by molar-refractivity contribution is 0.146. The smallest absolute Gasteiger partial charge is 0.0809 e. The number of para-hydroxylation sites is 1. The Morgan fingerprint density at radius 3 is 3.10 bits per heavy atom. The predicted molar refractivity (Wildman–Crippen MR) is 86.0 cm³/mol. The summed E-state index contributed by atoms with van der Waals surface area (Å²) in [6.07, 6.45) is 8.26. The van der Waals surface area contributed by atoms with Crippen molar-refractivity contribution in [3.05, 3.63) is 66.9 Å². The highest BCUT2D eigenvalue weighted by Gasteiger charge is 2.19. The number of hydrogen-bond acceptors (Lipinski definition) is 3. The van der Waals surface area contributed by atoms with E-state index in [0.29, 0.717) is 12.5 Å². The summed E-state index contributed by atoms with van der Waals surface area (Å²) in [7, 11) is 0. The number of pyridine rings is 1. The van der Waals surface area contributed by atoms with Crippen LogP contribution in [0.3, 0.4) is 0 Å². The maximum Gasteiger partial charge on any atom is 0.0809 e. The second kappa shape index (κ2) is 6.20. The van der Waals surface area contributed by atoms with Crippen molar-refractivity contribution < 1.29 is 5.11 Å². The second-order valence-corrected chi connectivity index (χ2v) is 5.37. The van der Waals surface area contributed by atoms with Gasteiger partial charge in [-0.2, -0.15) is 0 Å². The fourth-order valence-electron chi connectivity index (χ4n) is 2.90. The van der Waals surface area contributed by atoms with Crippen molar-refractivity contribution in [2.24, 2.45) is 0 Å². The summed E-state index contributed by atoms with van der Waals surface area (Å²) in [5.41, 5.74) is 1.89. The first-order valence-electron chi connectivity index (χ1n) is 7.34. The molecule has 1 aliphatic rings. The Balaban J connectivity index is 1.72. The van der Waals surface area contributed by atoms with E-state index >= 15 is 0 Å². The van der Waals surface area contributed by atoms with Gasteiger partial charge >= 0.3 is 0 Å². The molecule has 1 N–H and O–H groups in total. The molecule has 0 fully saturated rings.